The van der Waals surface area contributed by atoms with Gasteiger partial charge < -0.3 is 10.1 Å². The summed E-state index contributed by atoms with van der Waals surface area (Å²) >= 11 is 0. The molecule has 1 aromatic rings. The fourth-order valence-corrected chi connectivity index (χ4v) is 2.34. The summed E-state index contributed by atoms with van der Waals surface area (Å²) in [6.07, 6.45) is 3.14. The van der Waals surface area contributed by atoms with Gasteiger partial charge in [-0.2, -0.15) is 5.26 Å². The Labute approximate surface area is 111 Å². The Hall–Kier alpha value is -2.09. The molecule has 0 unspecified atom stereocenters. The first-order valence-electron chi connectivity index (χ1n) is 6.17. The molecule has 4 nitrogen and oxygen atoms in total. The van der Waals surface area contributed by atoms with E-state index in [-0.39, 0.29) is 11.3 Å². The minimum Gasteiger partial charge on any atom is -0.494 e. The van der Waals surface area contributed by atoms with Crippen LogP contribution in [0.1, 0.15) is 36.0 Å². The summed E-state index contributed by atoms with van der Waals surface area (Å²) in [5.41, 5.74) is -0.604. The highest BCUT2D eigenvalue weighted by Crippen LogP contribution is 2.29. The molecule has 1 aromatic carbocycles. The van der Waals surface area contributed by atoms with Crippen molar-refractivity contribution in [1.82, 2.24) is 5.32 Å². The van der Waals surface area contributed by atoms with Crippen molar-refractivity contribution >= 4 is 5.91 Å². The van der Waals surface area contributed by atoms with Crippen LogP contribution in [-0.4, -0.2) is 18.6 Å². The van der Waals surface area contributed by atoms with Crippen molar-refractivity contribution in [2.45, 2.75) is 31.2 Å². The van der Waals surface area contributed by atoms with Crippen molar-refractivity contribution in [3.05, 3.63) is 29.6 Å². The van der Waals surface area contributed by atoms with Crippen LogP contribution >= 0.6 is 0 Å². The molecule has 0 radical (unpaired) electrons. The van der Waals surface area contributed by atoms with Crippen LogP contribution in [0.25, 0.3) is 0 Å². The second-order valence-electron chi connectivity index (χ2n) is 4.70. The number of carbonyl (C=O) groups is 1. The molecule has 0 saturated heterocycles. The molecule has 1 aliphatic carbocycles. The molecule has 1 amide bonds. The zero-order valence-corrected chi connectivity index (χ0v) is 10.7. The van der Waals surface area contributed by atoms with Crippen LogP contribution in [0.15, 0.2) is 18.2 Å². The van der Waals surface area contributed by atoms with Crippen molar-refractivity contribution < 1.29 is 13.9 Å². The largest absolute Gasteiger partial charge is 0.494 e. The summed E-state index contributed by atoms with van der Waals surface area (Å²) in [5, 5.41) is 11.9. The average molecular weight is 262 g/mol. The van der Waals surface area contributed by atoms with Crippen LogP contribution in [0.2, 0.25) is 0 Å². The van der Waals surface area contributed by atoms with Crippen LogP contribution < -0.4 is 10.1 Å². The molecule has 1 fully saturated rings. The Morgan fingerprint density at radius 1 is 1.47 bits per heavy atom. The minimum atomic E-state index is -0.798. The molecule has 0 atom stereocenters. The Balaban J connectivity index is 2.16. The Morgan fingerprint density at radius 2 is 2.16 bits per heavy atom. The minimum absolute atomic E-state index is 0.0902. The normalized spacial score (nSPS) is 16.7. The number of nitrogens with one attached hydrogen (secondary N) is 1. The molecule has 1 aliphatic rings. The first-order chi connectivity index (χ1) is 9.10. The first kappa shape index (κ1) is 13.3. The van der Waals surface area contributed by atoms with E-state index in [1.807, 2.05) is 0 Å². The van der Waals surface area contributed by atoms with E-state index in [1.165, 1.54) is 19.2 Å². The van der Waals surface area contributed by atoms with E-state index in [0.717, 1.165) is 18.9 Å². The molecule has 0 spiro atoms. The number of nitriles is 1. The van der Waals surface area contributed by atoms with Crippen LogP contribution in [-0.2, 0) is 0 Å². The smallest absolute Gasteiger partial charge is 0.252 e. The average Bonchev–Trinajstić information content (AvgIpc) is 2.87. The van der Waals surface area contributed by atoms with Gasteiger partial charge in [-0.1, -0.05) is 0 Å². The molecule has 0 heterocycles. The first-order valence-corrected chi connectivity index (χ1v) is 6.17. The maximum atomic E-state index is 13.5. The molecule has 1 saturated carbocycles. The monoisotopic (exact) mass is 262 g/mol. The third kappa shape index (κ3) is 2.68. The lowest BCUT2D eigenvalue weighted by Crippen LogP contribution is -2.45. The fraction of sp³-hybridized carbons (Fsp3) is 0.429. The van der Waals surface area contributed by atoms with Gasteiger partial charge >= 0.3 is 0 Å². The highest BCUT2D eigenvalue weighted by atomic mass is 19.1. The molecule has 0 aromatic heterocycles. The van der Waals surface area contributed by atoms with Crippen LogP contribution in [0, 0.1) is 17.1 Å². The third-order valence-electron chi connectivity index (χ3n) is 3.44. The number of rotatable bonds is 3. The van der Waals surface area contributed by atoms with Crippen molar-refractivity contribution in [2.75, 3.05) is 7.11 Å². The molecular formula is C14H15FN2O2. The number of methoxy groups -OCH3 is 1. The van der Waals surface area contributed by atoms with Crippen LogP contribution in [0.3, 0.4) is 0 Å². The molecule has 0 bridgehead atoms. The number of ether oxygens (including phenoxy) is 1. The van der Waals surface area contributed by atoms with Gasteiger partial charge in [0.15, 0.2) is 11.6 Å². The highest BCUT2D eigenvalue weighted by molar-refractivity contribution is 5.95. The van der Waals surface area contributed by atoms with Gasteiger partial charge in [0.2, 0.25) is 0 Å². The van der Waals surface area contributed by atoms with Gasteiger partial charge in [0, 0.05) is 5.56 Å². The highest BCUT2D eigenvalue weighted by Gasteiger charge is 2.35. The number of nitrogens with zero attached hydrogens (tertiary/aromatic N) is 1. The lowest BCUT2D eigenvalue weighted by Gasteiger charge is -2.22. The van der Waals surface area contributed by atoms with E-state index in [9.17, 15) is 14.4 Å². The van der Waals surface area contributed by atoms with Crippen molar-refractivity contribution in [1.29, 1.82) is 5.26 Å². The number of amides is 1. The lowest BCUT2D eigenvalue weighted by molar-refractivity contribution is 0.0920. The predicted octanol–water partition coefficient (Wildman–Crippen LogP) is 2.40. The second-order valence-corrected chi connectivity index (χ2v) is 4.70. The molecule has 19 heavy (non-hydrogen) atoms. The SMILES string of the molecule is COc1ccc(C(=O)NC2(C#N)CCCC2)cc1F. The fourth-order valence-electron chi connectivity index (χ4n) is 2.34. The summed E-state index contributed by atoms with van der Waals surface area (Å²) in [5.74, 6) is -0.926. The topological polar surface area (TPSA) is 62.1 Å². The van der Waals surface area contributed by atoms with E-state index in [0.29, 0.717) is 12.8 Å². The summed E-state index contributed by atoms with van der Waals surface area (Å²) in [6, 6.07) is 6.17. The van der Waals surface area contributed by atoms with Gasteiger partial charge in [-0.3, -0.25) is 4.79 Å². The summed E-state index contributed by atoms with van der Waals surface area (Å²) < 4.78 is 18.3. The van der Waals surface area contributed by atoms with Gasteiger partial charge in [-0.05, 0) is 43.9 Å². The summed E-state index contributed by atoms with van der Waals surface area (Å²) in [6.45, 7) is 0. The van der Waals surface area contributed by atoms with Crippen LogP contribution in [0.5, 0.6) is 5.75 Å². The maximum absolute atomic E-state index is 13.5. The van der Waals surface area contributed by atoms with Gasteiger partial charge in [-0.25, -0.2) is 4.39 Å². The van der Waals surface area contributed by atoms with Gasteiger partial charge in [0.05, 0.1) is 13.2 Å². The number of halogens is 1. The standard InChI is InChI=1S/C14H15FN2O2/c1-19-12-5-4-10(8-11(12)15)13(18)17-14(9-16)6-2-3-7-14/h4-5,8H,2-3,6-7H2,1H3,(H,17,18). The van der Waals surface area contributed by atoms with E-state index in [4.69, 9.17) is 4.74 Å². The van der Waals surface area contributed by atoms with Gasteiger partial charge in [0.1, 0.15) is 5.54 Å². The molecule has 5 heteroatoms. The molecule has 1 N–H and O–H groups in total. The quantitative estimate of drug-likeness (QED) is 0.909. The van der Waals surface area contributed by atoms with E-state index < -0.39 is 17.3 Å². The van der Waals surface area contributed by atoms with Crippen LogP contribution in [0.4, 0.5) is 4.39 Å². The Bertz CT molecular complexity index is 531. The second kappa shape index (κ2) is 5.27. The number of hydrogen-bond acceptors (Lipinski definition) is 3. The number of hydrogen-bond donors (Lipinski definition) is 1. The van der Waals surface area contributed by atoms with Crippen molar-refractivity contribution in [3.63, 3.8) is 0 Å². The zero-order valence-electron chi connectivity index (χ0n) is 10.7. The molecule has 100 valence electrons. The molecule has 0 aliphatic heterocycles. The van der Waals surface area contributed by atoms with Crippen molar-refractivity contribution in [2.24, 2.45) is 0 Å². The number of benzene rings is 1. The van der Waals surface area contributed by atoms with E-state index >= 15 is 0 Å². The number of carbonyl (C=O) groups excluding carboxylic acids is 1. The van der Waals surface area contributed by atoms with Gasteiger partial charge in [-0.15, -0.1) is 0 Å². The van der Waals surface area contributed by atoms with E-state index in [1.54, 1.807) is 0 Å². The molecule has 2 rings (SSSR count). The zero-order chi connectivity index (χ0) is 13.9. The third-order valence-corrected chi connectivity index (χ3v) is 3.44. The maximum Gasteiger partial charge on any atom is 0.252 e. The van der Waals surface area contributed by atoms with Crippen molar-refractivity contribution in [3.8, 4) is 11.8 Å². The van der Waals surface area contributed by atoms with Gasteiger partial charge in [0.25, 0.3) is 5.91 Å². The summed E-state index contributed by atoms with van der Waals surface area (Å²) in [4.78, 5) is 12.0. The Morgan fingerprint density at radius 3 is 2.68 bits per heavy atom. The lowest BCUT2D eigenvalue weighted by atomic mass is 9.99. The summed E-state index contributed by atoms with van der Waals surface area (Å²) in [7, 11) is 1.36. The molecular weight excluding hydrogens is 247 g/mol. The van der Waals surface area contributed by atoms with E-state index in [2.05, 4.69) is 11.4 Å². The predicted molar refractivity (Wildman–Crippen MR) is 67.2 cm³/mol. The Kier molecular flexibility index (Phi) is 3.70.